The molecule has 1 amide bonds. The highest BCUT2D eigenvalue weighted by Crippen LogP contribution is 2.43. The monoisotopic (exact) mass is 360 g/mol. The average Bonchev–Trinajstić information content (AvgIpc) is 2.86. The lowest BCUT2D eigenvalue weighted by Gasteiger charge is -2.33. The molecule has 0 bridgehead atoms. The van der Waals surface area contributed by atoms with Gasteiger partial charge in [0.25, 0.3) is 0 Å². The summed E-state index contributed by atoms with van der Waals surface area (Å²) in [5, 5.41) is 0.132. The Hall–Kier alpha value is -2.41. The Balaban J connectivity index is 2.15. The van der Waals surface area contributed by atoms with Crippen LogP contribution in [-0.4, -0.2) is 33.8 Å². The van der Waals surface area contributed by atoms with E-state index in [1.165, 1.54) is 28.8 Å². The van der Waals surface area contributed by atoms with Gasteiger partial charge in [-0.3, -0.25) is 9.69 Å². The molecular weight excluding hydrogens is 343 g/mol. The van der Waals surface area contributed by atoms with Crippen molar-refractivity contribution in [3.8, 4) is 0 Å². The zero-order chi connectivity index (χ0) is 18.1. The lowest BCUT2D eigenvalue weighted by molar-refractivity contribution is -0.139. The normalized spacial score (nSPS) is 22.6. The van der Waals surface area contributed by atoms with Crippen LogP contribution in [0.1, 0.15) is 25.5 Å². The predicted octanol–water partition coefficient (Wildman–Crippen LogP) is 3.20. The van der Waals surface area contributed by atoms with Gasteiger partial charge in [-0.2, -0.15) is 0 Å². The quantitative estimate of drug-likeness (QED) is 0.611. The molecule has 2 heterocycles. The summed E-state index contributed by atoms with van der Waals surface area (Å²) < 4.78 is 19.6. The van der Waals surface area contributed by atoms with E-state index in [2.05, 4.69) is 11.6 Å². The van der Waals surface area contributed by atoms with E-state index in [0.29, 0.717) is 10.9 Å². The number of amides is 1. The van der Waals surface area contributed by atoms with Crippen LogP contribution in [0.3, 0.4) is 0 Å². The fraction of sp³-hybridized carbons (Fsp3) is 0.278. The molecule has 0 radical (unpaired) electrons. The van der Waals surface area contributed by atoms with Crippen molar-refractivity contribution in [3.63, 3.8) is 0 Å². The van der Waals surface area contributed by atoms with Crippen LogP contribution in [0.2, 0.25) is 0 Å². The number of hydrogen-bond acceptors (Lipinski definition) is 5. The summed E-state index contributed by atoms with van der Waals surface area (Å²) in [7, 11) is 0. The van der Waals surface area contributed by atoms with Crippen molar-refractivity contribution in [2.45, 2.75) is 25.1 Å². The molecule has 0 spiro atoms. The molecule has 0 aliphatic carbocycles. The largest absolute Gasteiger partial charge is 0.458 e. The van der Waals surface area contributed by atoms with E-state index in [1.54, 1.807) is 32.0 Å². The van der Waals surface area contributed by atoms with Crippen molar-refractivity contribution in [3.05, 3.63) is 59.6 Å². The second kappa shape index (κ2) is 6.84. The number of fused-ring (bicyclic) bond motifs is 1. The molecule has 3 rings (SSSR count). The number of allylic oxidation sites excluding steroid dienone is 1. The third kappa shape index (κ3) is 3.00. The number of halogens is 1. The molecule has 1 fully saturated rings. The van der Waals surface area contributed by atoms with Gasteiger partial charge in [0.1, 0.15) is 18.5 Å². The molecule has 0 N–H and O–H groups in total. The SMILES string of the molecule is C=CCOC(=O)C1=C(C)N=C2SC(C)C(=O)N2C1c1ccccc1F. The maximum atomic E-state index is 14.5. The van der Waals surface area contributed by atoms with Crippen molar-refractivity contribution in [2.24, 2.45) is 4.99 Å². The number of carbonyl (C=O) groups excluding carboxylic acids is 2. The first-order chi connectivity index (χ1) is 12.0. The summed E-state index contributed by atoms with van der Waals surface area (Å²) in [6.07, 6.45) is 1.45. The number of ether oxygens (including phenoxy) is 1. The topological polar surface area (TPSA) is 59.0 Å². The second-order valence-electron chi connectivity index (χ2n) is 5.67. The van der Waals surface area contributed by atoms with E-state index in [0.717, 1.165) is 0 Å². The predicted molar refractivity (Wildman–Crippen MR) is 94.3 cm³/mol. The lowest BCUT2D eigenvalue weighted by Crippen LogP contribution is -2.41. The maximum Gasteiger partial charge on any atom is 0.338 e. The number of rotatable bonds is 4. The van der Waals surface area contributed by atoms with Crippen LogP contribution >= 0.6 is 11.8 Å². The van der Waals surface area contributed by atoms with Crippen LogP contribution in [-0.2, 0) is 14.3 Å². The molecule has 1 aromatic rings. The van der Waals surface area contributed by atoms with Crippen molar-refractivity contribution in [1.29, 1.82) is 0 Å². The maximum absolute atomic E-state index is 14.5. The highest BCUT2D eigenvalue weighted by molar-refractivity contribution is 8.15. The van der Waals surface area contributed by atoms with Crippen molar-refractivity contribution in [2.75, 3.05) is 6.61 Å². The Morgan fingerprint density at radius 2 is 2.20 bits per heavy atom. The summed E-state index contributed by atoms with van der Waals surface area (Å²) >= 11 is 1.30. The van der Waals surface area contributed by atoms with Gasteiger partial charge in [0.2, 0.25) is 5.91 Å². The summed E-state index contributed by atoms with van der Waals surface area (Å²) in [6, 6.07) is 5.21. The van der Waals surface area contributed by atoms with Crippen molar-refractivity contribution in [1.82, 2.24) is 4.90 Å². The Morgan fingerprint density at radius 1 is 1.48 bits per heavy atom. The van der Waals surface area contributed by atoms with Crippen molar-refractivity contribution < 1.29 is 18.7 Å². The smallest absolute Gasteiger partial charge is 0.338 e. The fourth-order valence-corrected chi connectivity index (χ4v) is 3.90. The second-order valence-corrected chi connectivity index (χ2v) is 6.98. The van der Waals surface area contributed by atoms with Gasteiger partial charge in [0.15, 0.2) is 5.17 Å². The minimum atomic E-state index is -0.893. The standard InChI is InChI=1S/C18H17FN2O3S/c1-4-9-24-17(23)14-10(2)20-18-21(16(22)11(3)25-18)15(14)12-7-5-6-8-13(12)19/h4-8,11,15H,1,9H2,2-3H3. The van der Waals surface area contributed by atoms with E-state index >= 15 is 0 Å². The van der Waals surface area contributed by atoms with E-state index < -0.39 is 17.8 Å². The Labute approximate surface area is 149 Å². The first-order valence-corrected chi connectivity index (χ1v) is 8.65. The molecule has 1 saturated heterocycles. The highest BCUT2D eigenvalue weighted by atomic mass is 32.2. The van der Waals surface area contributed by atoms with Crippen LogP contribution in [0.5, 0.6) is 0 Å². The van der Waals surface area contributed by atoms with Gasteiger partial charge in [-0.1, -0.05) is 42.6 Å². The molecule has 2 aliphatic rings. The van der Waals surface area contributed by atoms with E-state index in [1.807, 2.05) is 0 Å². The van der Waals surface area contributed by atoms with Gasteiger partial charge in [-0.05, 0) is 19.9 Å². The number of benzene rings is 1. The number of carbonyl (C=O) groups is 2. The van der Waals surface area contributed by atoms with E-state index in [-0.39, 0.29) is 28.9 Å². The van der Waals surface area contributed by atoms with Gasteiger partial charge in [0, 0.05) is 5.56 Å². The average molecular weight is 360 g/mol. The van der Waals surface area contributed by atoms with Gasteiger partial charge in [-0.15, -0.1) is 0 Å². The number of hydrogen-bond donors (Lipinski definition) is 0. The van der Waals surface area contributed by atoms with Crippen LogP contribution in [0.25, 0.3) is 0 Å². The molecular formula is C18H17FN2O3S. The zero-order valence-corrected chi connectivity index (χ0v) is 14.7. The van der Waals surface area contributed by atoms with Gasteiger partial charge < -0.3 is 4.74 Å². The third-order valence-corrected chi connectivity index (χ3v) is 5.06. The minimum absolute atomic E-state index is 0.0231. The first kappa shape index (κ1) is 17.4. The lowest BCUT2D eigenvalue weighted by atomic mass is 9.94. The zero-order valence-electron chi connectivity index (χ0n) is 13.9. The van der Waals surface area contributed by atoms with Gasteiger partial charge >= 0.3 is 5.97 Å². The van der Waals surface area contributed by atoms with Crippen molar-refractivity contribution >= 4 is 28.8 Å². The van der Waals surface area contributed by atoms with Gasteiger partial charge in [-0.25, -0.2) is 14.2 Å². The first-order valence-electron chi connectivity index (χ1n) is 7.77. The molecule has 130 valence electrons. The van der Waals surface area contributed by atoms with Gasteiger partial charge in [0.05, 0.1) is 16.5 Å². The number of nitrogens with zero attached hydrogens (tertiary/aromatic N) is 2. The fourth-order valence-electron chi connectivity index (χ4n) is 2.87. The molecule has 1 aromatic carbocycles. The third-order valence-electron chi connectivity index (χ3n) is 4.01. The summed E-state index contributed by atoms with van der Waals surface area (Å²) in [4.78, 5) is 31.0. The number of thioether (sulfide) groups is 1. The molecule has 5 nitrogen and oxygen atoms in total. The molecule has 0 saturated carbocycles. The Kier molecular flexibility index (Phi) is 4.76. The number of aliphatic imine (C=N–C) groups is 1. The Morgan fingerprint density at radius 3 is 2.88 bits per heavy atom. The van der Waals surface area contributed by atoms with Crippen LogP contribution in [0.15, 0.2) is 53.2 Å². The number of amidine groups is 1. The molecule has 7 heteroatoms. The molecule has 25 heavy (non-hydrogen) atoms. The highest BCUT2D eigenvalue weighted by Gasteiger charge is 2.47. The molecule has 2 atom stereocenters. The summed E-state index contributed by atoms with van der Waals surface area (Å²) in [6.45, 7) is 6.96. The van der Waals surface area contributed by atoms with E-state index in [9.17, 15) is 14.0 Å². The van der Waals surface area contributed by atoms with Crippen LogP contribution in [0.4, 0.5) is 4.39 Å². The van der Waals surface area contributed by atoms with E-state index in [4.69, 9.17) is 4.74 Å². The minimum Gasteiger partial charge on any atom is -0.458 e. The molecule has 2 unspecified atom stereocenters. The molecule has 0 aromatic heterocycles. The Bertz CT molecular complexity index is 818. The molecule has 2 aliphatic heterocycles. The number of esters is 1. The summed E-state index contributed by atoms with van der Waals surface area (Å²) in [5.74, 6) is -1.34. The summed E-state index contributed by atoms with van der Waals surface area (Å²) in [5.41, 5.74) is 0.824. The van der Waals surface area contributed by atoms with Crippen LogP contribution in [0, 0.1) is 5.82 Å². The van der Waals surface area contributed by atoms with Crippen LogP contribution < -0.4 is 0 Å².